The van der Waals surface area contributed by atoms with Crippen LogP contribution in [0.25, 0.3) is 11.3 Å². The molecule has 2 aromatic carbocycles. The minimum Gasteiger partial charge on any atom is -0.467 e. The van der Waals surface area contributed by atoms with Crippen molar-refractivity contribution in [2.24, 2.45) is 4.99 Å². The highest BCUT2D eigenvalue weighted by atomic mass is 32.1. The van der Waals surface area contributed by atoms with Gasteiger partial charge in [0, 0.05) is 18.0 Å². The number of hydrogen-bond acceptors (Lipinski definition) is 5. The molecule has 2 aromatic heterocycles. The molecule has 0 bridgehead atoms. The van der Waals surface area contributed by atoms with E-state index in [9.17, 15) is 0 Å². The Kier molecular flexibility index (Phi) is 6.33. The molecule has 4 rings (SSSR count). The second-order valence-electron chi connectivity index (χ2n) is 7.04. The van der Waals surface area contributed by atoms with Gasteiger partial charge in [-0.25, -0.2) is 4.98 Å². The van der Waals surface area contributed by atoms with Crippen molar-refractivity contribution in [3.05, 3.63) is 83.1 Å². The highest BCUT2D eigenvalue weighted by Crippen LogP contribution is 2.35. The van der Waals surface area contributed by atoms with Gasteiger partial charge in [-0.05, 0) is 49.7 Å². The fourth-order valence-corrected chi connectivity index (χ4v) is 3.83. The molecule has 31 heavy (non-hydrogen) atoms. The van der Waals surface area contributed by atoms with Crippen molar-refractivity contribution in [1.82, 2.24) is 10.3 Å². The first-order valence-corrected chi connectivity index (χ1v) is 10.8. The Hall–Kier alpha value is -3.58. The van der Waals surface area contributed by atoms with Crippen LogP contribution in [-0.4, -0.2) is 18.0 Å². The van der Waals surface area contributed by atoms with E-state index in [-0.39, 0.29) is 0 Å². The summed E-state index contributed by atoms with van der Waals surface area (Å²) in [4.78, 5) is 8.98. The van der Waals surface area contributed by atoms with Crippen molar-refractivity contribution in [2.45, 2.75) is 20.4 Å². The van der Waals surface area contributed by atoms with Gasteiger partial charge in [-0.15, -0.1) is 11.3 Å². The van der Waals surface area contributed by atoms with Crippen molar-refractivity contribution in [3.63, 3.8) is 0 Å². The highest BCUT2D eigenvalue weighted by molar-refractivity contribution is 7.14. The number of aromatic nitrogens is 1. The van der Waals surface area contributed by atoms with Gasteiger partial charge in [0.25, 0.3) is 0 Å². The number of benzene rings is 2. The third kappa shape index (κ3) is 5.13. The summed E-state index contributed by atoms with van der Waals surface area (Å²) in [6.07, 6.45) is 1.65. The number of aliphatic imine (C=N–C) groups is 1. The largest absolute Gasteiger partial charge is 0.467 e. The number of aryl methyl sites for hydroxylation is 2. The first-order chi connectivity index (χ1) is 15.1. The zero-order valence-electron chi connectivity index (χ0n) is 17.7. The molecule has 0 aliphatic heterocycles. The zero-order valence-corrected chi connectivity index (χ0v) is 18.5. The third-order valence-corrected chi connectivity index (χ3v) is 5.43. The molecule has 0 saturated heterocycles. The second-order valence-corrected chi connectivity index (χ2v) is 7.89. The minimum atomic E-state index is 0.539. The molecule has 2 N–H and O–H groups in total. The van der Waals surface area contributed by atoms with E-state index in [0.29, 0.717) is 12.5 Å². The average molecular weight is 433 g/mol. The number of thiazole rings is 1. The predicted octanol–water partition coefficient (Wildman–Crippen LogP) is 6.00. The van der Waals surface area contributed by atoms with Gasteiger partial charge in [-0.3, -0.25) is 4.99 Å². The Bertz CT molecular complexity index is 1180. The van der Waals surface area contributed by atoms with E-state index in [1.807, 2.05) is 47.8 Å². The predicted molar refractivity (Wildman–Crippen MR) is 126 cm³/mol. The summed E-state index contributed by atoms with van der Waals surface area (Å²) in [5.74, 6) is 3.07. The Morgan fingerprint density at radius 1 is 1.10 bits per heavy atom. The van der Waals surface area contributed by atoms with Crippen molar-refractivity contribution >= 4 is 22.4 Å². The van der Waals surface area contributed by atoms with Gasteiger partial charge in [0.1, 0.15) is 17.3 Å². The van der Waals surface area contributed by atoms with E-state index in [4.69, 9.17) is 14.1 Å². The first kappa shape index (κ1) is 20.7. The van der Waals surface area contributed by atoms with Gasteiger partial charge < -0.3 is 19.8 Å². The van der Waals surface area contributed by atoms with E-state index < -0.39 is 0 Å². The molecule has 0 fully saturated rings. The number of para-hydroxylation sites is 1. The Balaban J connectivity index is 1.49. The molecular weight excluding hydrogens is 408 g/mol. The van der Waals surface area contributed by atoms with Crippen LogP contribution in [-0.2, 0) is 6.54 Å². The normalized spacial score (nSPS) is 11.4. The SMILES string of the molecule is CN=C(NCc1ccco1)Nc1nc(-c2ccccc2Oc2ccc(C)cc2C)cs1. The van der Waals surface area contributed by atoms with Crippen LogP contribution in [0.1, 0.15) is 16.9 Å². The molecule has 0 atom stereocenters. The van der Waals surface area contributed by atoms with E-state index in [1.54, 1.807) is 13.3 Å². The molecule has 4 aromatic rings. The van der Waals surface area contributed by atoms with Crippen LogP contribution in [0.3, 0.4) is 0 Å². The second kappa shape index (κ2) is 9.49. The van der Waals surface area contributed by atoms with Crippen molar-refractivity contribution < 1.29 is 9.15 Å². The summed E-state index contributed by atoms with van der Waals surface area (Å²) in [6, 6.07) is 17.9. The molecular formula is C24H24N4O2S. The summed E-state index contributed by atoms with van der Waals surface area (Å²) < 4.78 is 11.6. The lowest BCUT2D eigenvalue weighted by molar-refractivity contribution is 0.480. The van der Waals surface area contributed by atoms with Crippen molar-refractivity contribution in [1.29, 1.82) is 0 Å². The lowest BCUT2D eigenvalue weighted by atomic mass is 10.1. The quantitative estimate of drug-likeness (QED) is 0.289. The van der Waals surface area contributed by atoms with Gasteiger partial charge in [-0.2, -0.15) is 0 Å². The van der Waals surface area contributed by atoms with E-state index in [1.165, 1.54) is 16.9 Å². The van der Waals surface area contributed by atoms with Crippen LogP contribution < -0.4 is 15.4 Å². The first-order valence-electron chi connectivity index (χ1n) is 9.92. The number of nitrogens with zero attached hydrogens (tertiary/aromatic N) is 2. The number of ether oxygens (including phenoxy) is 1. The number of furan rings is 1. The summed E-state index contributed by atoms with van der Waals surface area (Å²) in [5, 5.41) is 9.19. The molecule has 6 nitrogen and oxygen atoms in total. The monoisotopic (exact) mass is 432 g/mol. The summed E-state index contributed by atoms with van der Waals surface area (Å²) in [6.45, 7) is 4.67. The van der Waals surface area contributed by atoms with Gasteiger partial charge in [0.2, 0.25) is 0 Å². The maximum atomic E-state index is 6.24. The average Bonchev–Trinajstić information content (AvgIpc) is 3.45. The van der Waals surface area contributed by atoms with Crippen LogP contribution >= 0.6 is 11.3 Å². The fraction of sp³-hybridized carbons (Fsp3) is 0.167. The summed E-state index contributed by atoms with van der Waals surface area (Å²) in [7, 11) is 1.72. The van der Waals surface area contributed by atoms with Crippen LogP contribution in [0.4, 0.5) is 5.13 Å². The van der Waals surface area contributed by atoms with E-state index in [2.05, 4.69) is 41.6 Å². The number of guanidine groups is 1. The van der Waals surface area contributed by atoms with Crippen LogP contribution in [0.2, 0.25) is 0 Å². The van der Waals surface area contributed by atoms with E-state index >= 15 is 0 Å². The minimum absolute atomic E-state index is 0.539. The van der Waals surface area contributed by atoms with Crippen molar-refractivity contribution in [2.75, 3.05) is 12.4 Å². The number of hydrogen-bond donors (Lipinski definition) is 2. The van der Waals surface area contributed by atoms with Gasteiger partial charge in [0.15, 0.2) is 11.1 Å². The van der Waals surface area contributed by atoms with Crippen LogP contribution in [0, 0.1) is 13.8 Å². The Labute approximate surface area is 185 Å². The maximum absolute atomic E-state index is 6.24. The Morgan fingerprint density at radius 2 is 1.97 bits per heavy atom. The molecule has 0 amide bonds. The van der Waals surface area contributed by atoms with Gasteiger partial charge in [-0.1, -0.05) is 29.8 Å². The molecule has 0 aliphatic rings. The van der Waals surface area contributed by atoms with Crippen LogP contribution in [0.15, 0.2) is 75.7 Å². The maximum Gasteiger partial charge on any atom is 0.197 e. The molecule has 2 heterocycles. The summed E-state index contributed by atoms with van der Waals surface area (Å²) >= 11 is 1.51. The molecule has 0 unspecified atom stereocenters. The molecule has 0 saturated carbocycles. The molecule has 0 radical (unpaired) electrons. The highest BCUT2D eigenvalue weighted by Gasteiger charge is 2.13. The summed E-state index contributed by atoms with van der Waals surface area (Å²) in [5.41, 5.74) is 4.09. The number of anilines is 1. The standard InChI is InChI=1S/C24H24N4O2S/c1-16-10-11-21(17(2)13-16)30-22-9-5-4-8-19(22)20-15-31-24(27-20)28-23(25-3)26-14-18-7-6-12-29-18/h4-13,15H,14H2,1-3H3,(H2,25,26,27,28). The number of nitrogens with one attached hydrogen (secondary N) is 2. The fourth-order valence-electron chi connectivity index (χ4n) is 3.12. The zero-order chi connectivity index (χ0) is 21.6. The number of rotatable bonds is 6. The smallest absolute Gasteiger partial charge is 0.197 e. The topological polar surface area (TPSA) is 71.7 Å². The lowest BCUT2D eigenvalue weighted by Gasteiger charge is -2.12. The van der Waals surface area contributed by atoms with E-state index in [0.717, 1.165) is 39.2 Å². The molecule has 0 spiro atoms. The van der Waals surface area contributed by atoms with Gasteiger partial charge >= 0.3 is 0 Å². The molecule has 7 heteroatoms. The van der Waals surface area contributed by atoms with Crippen LogP contribution in [0.5, 0.6) is 11.5 Å². The Morgan fingerprint density at radius 3 is 2.74 bits per heavy atom. The van der Waals surface area contributed by atoms with Gasteiger partial charge in [0.05, 0.1) is 18.5 Å². The van der Waals surface area contributed by atoms with Crippen molar-refractivity contribution in [3.8, 4) is 22.8 Å². The molecule has 158 valence electrons. The third-order valence-electron chi connectivity index (χ3n) is 4.68. The molecule has 0 aliphatic carbocycles. The lowest BCUT2D eigenvalue weighted by Crippen LogP contribution is -2.29.